The van der Waals surface area contributed by atoms with Crippen LogP contribution in [0.4, 0.5) is 5.69 Å². The molecule has 0 aliphatic carbocycles. The molecule has 0 amide bonds. The van der Waals surface area contributed by atoms with E-state index < -0.39 is 5.97 Å². The number of halogens is 1. The molecule has 6 nitrogen and oxygen atoms in total. The second kappa shape index (κ2) is 10.4. The lowest BCUT2D eigenvalue weighted by atomic mass is 10.2. The normalized spacial score (nSPS) is 10.5. The molecular weight excluding hydrogens is 422 g/mol. The van der Waals surface area contributed by atoms with Gasteiger partial charge in [0, 0.05) is 10.7 Å². The topological polar surface area (TPSA) is 71.9 Å². The maximum atomic E-state index is 12.2. The van der Waals surface area contributed by atoms with E-state index in [4.69, 9.17) is 33.3 Å². The number of methoxy groups -OCH3 is 1. The van der Waals surface area contributed by atoms with Gasteiger partial charge in [-0.2, -0.15) is 5.10 Å². The molecule has 0 aliphatic rings. The fourth-order valence-electron chi connectivity index (χ4n) is 2.41. The summed E-state index contributed by atoms with van der Waals surface area (Å²) in [6.07, 6.45) is 1.57. The highest BCUT2D eigenvalue weighted by atomic mass is 35.5. The molecule has 0 fully saturated rings. The Labute approximate surface area is 184 Å². The molecule has 3 aromatic rings. The highest BCUT2D eigenvalue weighted by molar-refractivity contribution is 7.80. The molecule has 8 heteroatoms. The minimum Gasteiger partial charge on any atom is -0.497 e. The molecule has 0 atom stereocenters. The summed E-state index contributed by atoms with van der Waals surface area (Å²) in [7, 11) is 1.61. The molecule has 0 radical (unpaired) electrons. The summed E-state index contributed by atoms with van der Waals surface area (Å²) in [4.78, 5) is 12.2. The predicted octanol–water partition coefficient (Wildman–Crippen LogP) is 4.89. The van der Waals surface area contributed by atoms with E-state index in [2.05, 4.69) is 15.8 Å². The van der Waals surface area contributed by atoms with Crippen molar-refractivity contribution in [3.63, 3.8) is 0 Å². The van der Waals surface area contributed by atoms with Crippen LogP contribution in [0.15, 0.2) is 77.9 Å². The number of thiocarbonyl (C=S) groups is 1. The van der Waals surface area contributed by atoms with Gasteiger partial charge in [0.15, 0.2) is 5.11 Å². The largest absolute Gasteiger partial charge is 0.497 e. The first-order valence-corrected chi connectivity index (χ1v) is 9.64. The van der Waals surface area contributed by atoms with Crippen molar-refractivity contribution in [2.45, 2.75) is 0 Å². The van der Waals surface area contributed by atoms with Gasteiger partial charge in [-0.3, -0.25) is 5.43 Å². The van der Waals surface area contributed by atoms with Gasteiger partial charge in [0.1, 0.15) is 11.5 Å². The maximum Gasteiger partial charge on any atom is 0.343 e. The Morgan fingerprint density at radius 1 is 1.03 bits per heavy atom. The van der Waals surface area contributed by atoms with E-state index in [1.807, 2.05) is 30.3 Å². The summed E-state index contributed by atoms with van der Waals surface area (Å²) < 4.78 is 10.5. The van der Waals surface area contributed by atoms with Crippen LogP contribution in [0.2, 0.25) is 5.02 Å². The number of hydrogen-bond donors (Lipinski definition) is 2. The zero-order valence-corrected chi connectivity index (χ0v) is 17.5. The average molecular weight is 440 g/mol. The van der Waals surface area contributed by atoms with Gasteiger partial charge in [-0.1, -0.05) is 23.7 Å². The smallest absolute Gasteiger partial charge is 0.343 e. The van der Waals surface area contributed by atoms with Crippen molar-refractivity contribution < 1.29 is 14.3 Å². The highest BCUT2D eigenvalue weighted by Crippen LogP contribution is 2.16. The van der Waals surface area contributed by atoms with E-state index in [0.29, 0.717) is 21.4 Å². The standard InChI is InChI=1S/C22H18ClN3O3S/c1-28-19-11-9-18(10-12-19)25-22(30)26-24-14-15-3-2-4-20(13-15)29-21(27)16-5-7-17(23)8-6-16/h2-14H,1H3,(H2,25,26,30)/b24-14-. The van der Waals surface area contributed by atoms with E-state index >= 15 is 0 Å². The molecule has 0 aromatic heterocycles. The van der Waals surface area contributed by atoms with E-state index in [1.165, 1.54) is 0 Å². The van der Waals surface area contributed by atoms with Crippen LogP contribution in [0, 0.1) is 0 Å². The number of anilines is 1. The third-order valence-electron chi connectivity index (χ3n) is 3.88. The number of hydrogen-bond acceptors (Lipinski definition) is 5. The fourth-order valence-corrected chi connectivity index (χ4v) is 2.71. The van der Waals surface area contributed by atoms with Gasteiger partial charge < -0.3 is 14.8 Å². The summed E-state index contributed by atoms with van der Waals surface area (Å²) >= 11 is 11.0. The van der Waals surface area contributed by atoms with Crippen molar-refractivity contribution >= 4 is 46.8 Å². The zero-order valence-electron chi connectivity index (χ0n) is 16.0. The molecule has 0 aliphatic heterocycles. The Morgan fingerprint density at radius 2 is 1.77 bits per heavy atom. The van der Waals surface area contributed by atoms with Crippen molar-refractivity contribution in [3.05, 3.63) is 88.9 Å². The van der Waals surface area contributed by atoms with E-state index in [9.17, 15) is 4.79 Å². The van der Waals surface area contributed by atoms with Crippen molar-refractivity contribution in [2.24, 2.45) is 5.10 Å². The lowest BCUT2D eigenvalue weighted by Gasteiger charge is -2.08. The molecule has 3 aromatic carbocycles. The number of hydrazone groups is 1. The monoisotopic (exact) mass is 439 g/mol. The zero-order chi connectivity index (χ0) is 21.3. The molecule has 0 bridgehead atoms. The van der Waals surface area contributed by atoms with Crippen molar-refractivity contribution in [1.29, 1.82) is 0 Å². The summed E-state index contributed by atoms with van der Waals surface area (Å²) in [5.74, 6) is 0.690. The fraction of sp³-hybridized carbons (Fsp3) is 0.0455. The average Bonchev–Trinajstić information content (AvgIpc) is 2.75. The Kier molecular flexibility index (Phi) is 7.37. The molecule has 30 heavy (non-hydrogen) atoms. The number of esters is 1. The van der Waals surface area contributed by atoms with Crippen LogP contribution in [-0.4, -0.2) is 24.4 Å². The Morgan fingerprint density at radius 3 is 2.47 bits per heavy atom. The Balaban J connectivity index is 1.54. The first-order chi connectivity index (χ1) is 14.5. The van der Waals surface area contributed by atoms with Crippen LogP contribution >= 0.6 is 23.8 Å². The Bertz CT molecular complexity index is 1050. The number of rotatable bonds is 6. The molecule has 152 valence electrons. The summed E-state index contributed by atoms with van der Waals surface area (Å²) in [6, 6.07) is 20.8. The van der Waals surface area contributed by atoms with Crippen molar-refractivity contribution in [1.82, 2.24) is 5.43 Å². The SMILES string of the molecule is COc1ccc(NC(=S)N/N=C\c2cccc(OC(=O)c3ccc(Cl)cc3)c2)cc1. The number of nitrogens with zero attached hydrogens (tertiary/aromatic N) is 1. The van der Waals surface area contributed by atoms with Gasteiger partial charge in [-0.15, -0.1) is 0 Å². The third kappa shape index (κ3) is 6.30. The van der Waals surface area contributed by atoms with Gasteiger partial charge >= 0.3 is 5.97 Å². The molecular formula is C22H18ClN3O3S. The number of carbonyl (C=O) groups is 1. The molecule has 0 unspecified atom stereocenters. The lowest BCUT2D eigenvalue weighted by molar-refractivity contribution is 0.0735. The molecule has 2 N–H and O–H groups in total. The van der Waals surface area contributed by atoms with Crippen LogP contribution < -0.4 is 20.2 Å². The number of carbonyl (C=O) groups excluding carboxylic acids is 1. The minimum atomic E-state index is -0.469. The van der Waals surface area contributed by atoms with Gasteiger partial charge in [0.2, 0.25) is 0 Å². The molecule has 0 spiro atoms. The van der Waals surface area contributed by atoms with E-state index in [1.54, 1.807) is 55.8 Å². The van der Waals surface area contributed by atoms with Crippen LogP contribution in [0.1, 0.15) is 15.9 Å². The van der Waals surface area contributed by atoms with E-state index in [0.717, 1.165) is 17.0 Å². The summed E-state index contributed by atoms with van der Waals surface area (Å²) in [6.45, 7) is 0. The first-order valence-electron chi connectivity index (χ1n) is 8.85. The van der Waals surface area contributed by atoms with Gasteiger partial charge in [-0.25, -0.2) is 4.79 Å². The van der Waals surface area contributed by atoms with Crippen LogP contribution in [0.25, 0.3) is 0 Å². The molecule has 0 heterocycles. The van der Waals surface area contributed by atoms with Crippen LogP contribution in [-0.2, 0) is 0 Å². The number of benzene rings is 3. The lowest BCUT2D eigenvalue weighted by Crippen LogP contribution is -2.23. The van der Waals surface area contributed by atoms with Gasteiger partial charge in [0.25, 0.3) is 0 Å². The van der Waals surface area contributed by atoms with E-state index in [-0.39, 0.29) is 0 Å². The summed E-state index contributed by atoms with van der Waals surface area (Å²) in [5.41, 5.74) is 4.69. The van der Waals surface area contributed by atoms with Gasteiger partial charge in [0.05, 0.1) is 18.9 Å². The number of ether oxygens (including phenoxy) is 2. The Hall–Kier alpha value is -3.42. The van der Waals surface area contributed by atoms with Crippen molar-refractivity contribution in [2.75, 3.05) is 12.4 Å². The third-order valence-corrected chi connectivity index (χ3v) is 4.32. The minimum absolute atomic E-state index is 0.335. The van der Waals surface area contributed by atoms with Crippen LogP contribution in [0.5, 0.6) is 11.5 Å². The van der Waals surface area contributed by atoms with Crippen molar-refractivity contribution in [3.8, 4) is 11.5 Å². The second-order valence-corrected chi connectivity index (χ2v) is 6.87. The molecule has 0 saturated heterocycles. The first kappa shape index (κ1) is 21.3. The maximum absolute atomic E-state index is 12.2. The van der Waals surface area contributed by atoms with Gasteiger partial charge in [-0.05, 0) is 78.4 Å². The second-order valence-electron chi connectivity index (χ2n) is 6.02. The highest BCUT2D eigenvalue weighted by Gasteiger charge is 2.08. The molecule has 0 saturated carbocycles. The summed E-state index contributed by atoms with van der Waals surface area (Å²) in [5, 5.41) is 8.00. The number of nitrogens with one attached hydrogen (secondary N) is 2. The molecule has 3 rings (SSSR count). The quantitative estimate of drug-likeness (QED) is 0.187. The van der Waals surface area contributed by atoms with Crippen LogP contribution in [0.3, 0.4) is 0 Å². The predicted molar refractivity (Wildman–Crippen MR) is 123 cm³/mol.